The maximum absolute atomic E-state index is 13.0. The van der Waals surface area contributed by atoms with E-state index in [-0.39, 0.29) is 50.0 Å². The van der Waals surface area contributed by atoms with E-state index in [1.165, 1.54) is 13.8 Å². The maximum Gasteiger partial charge on any atom is 0.327 e. The van der Waals surface area contributed by atoms with Gasteiger partial charge >= 0.3 is 23.9 Å². The number of hydrogen-bond donors (Lipinski definition) is 10. The van der Waals surface area contributed by atoms with Crippen LogP contribution >= 0.6 is 44.8 Å². The first-order valence-corrected chi connectivity index (χ1v) is 17.8. The molecule has 22 heteroatoms. The fourth-order valence-corrected chi connectivity index (χ4v) is 6.27. The minimum Gasteiger partial charge on any atom is -0.480 e. The standard InChI is InChI=1S/C26H42Cl2N6O12S2/c1-11(27)19(25(43)44)33-21(37)15(31-17(35)7-3-5-13(29)23(39)40)9-47-48-10-16(22(38)34-20(12(2)28)26(45)46)32-18(36)8-4-6-14(30)24(41)42/h11-16,19-20H,3-10,29-30H2,1-2H3,(H,31,35)(H,32,36)(H,33,37)(H,34,38)(H,39,40)(H,41,42)(H,43,44)(H,45,46)/t11?,12?,13-,14-,15-,16-,19+,20+/m0/s1. The highest BCUT2D eigenvalue weighted by atomic mass is 35.5. The molecule has 12 N–H and O–H groups in total. The average Bonchev–Trinajstić information content (AvgIpc) is 2.98. The van der Waals surface area contributed by atoms with Crippen molar-refractivity contribution < 1.29 is 58.8 Å². The Hall–Kier alpha value is -3.04. The Balaban J connectivity index is 5.67. The van der Waals surface area contributed by atoms with E-state index in [4.69, 9.17) is 44.9 Å². The van der Waals surface area contributed by atoms with Gasteiger partial charge in [0.2, 0.25) is 23.6 Å². The lowest BCUT2D eigenvalue weighted by Gasteiger charge is -2.23. The lowest BCUT2D eigenvalue weighted by molar-refractivity contribution is -0.142. The van der Waals surface area contributed by atoms with Gasteiger partial charge in [0, 0.05) is 24.3 Å². The molecule has 274 valence electrons. The monoisotopic (exact) mass is 764 g/mol. The number of halogens is 2. The van der Waals surface area contributed by atoms with Gasteiger partial charge in [0.15, 0.2) is 0 Å². The van der Waals surface area contributed by atoms with Crippen LogP contribution in [0.4, 0.5) is 0 Å². The van der Waals surface area contributed by atoms with Crippen LogP contribution < -0.4 is 32.7 Å². The molecule has 0 aliphatic heterocycles. The third-order valence-corrected chi connectivity index (χ3v) is 9.30. The zero-order valence-electron chi connectivity index (χ0n) is 26.1. The largest absolute Gasteiger partial charge is 0.480 e. The molecule has 0 spiro atoms. The van der Waals surface area contributed by atoms with Gasteiger partial charge < -0.3 is 53.2 Å². The molecule has 0 radical (unpaired) electrons. The zero-order valence-corrected chi connectivity index (χ0v) is 29.2. The number of rotatable bonds is 25. The first-order valence-electron chi connectivity index (χ1n) is 14.4. The van der Waals surface area contributed by atoms with Crippen LogP contribution in [0.15, 0.2) is 0 Å². The van der Waals surface area contributed by atoms with E-state index >= 15 is 0 Å². The average molecular weight is 766 g/mol. The van der Waals surface area contributed by atoms with Crippen LogP contribution in [0, 0.1) is 0 Å². The highest BCUT2D eigenvalue weighted by Gasteiger charge is 2.32. The van der Waals surface area contributed by atoms with E-state index in [9.17, 15) is 48.6 Å². The fourth-order valence-electron chi connectivity index (χ4n) is 3.60. The van der Waals surface area contributed by atoms with Gasteiger partial charge in [0.25, 0.3) is 0 Å². The third kappa shape index (κ3) is 18.5. The van der Waals surface area contributed by atoms with Crippen LogP contribution in [0.3, 0.4) is 0 Å². The summed E-state index contributed by atoms with van der Waals surface area (Å²) >= 11 is 11.8. The van der Waals surface area contributed by atoms with E-state index in [0.29, 0.717) is 0 Å². The van der Waals surface area contributed by atoms with E-state index in [2.05, 4.69) is 21.3 Å². The molecule has 0 aliphatic rings. The quantitative estimate of drug-likeness (QED) is 0.0299. The van der Waals surface area contributed by atoms with Crippen molar-refractivity contribution in [3.63, 3.8) is 0 Å². The summed E-state index contributed by atoms with van der Waals surface area (Å²) in [5.41, 5.74) is 10.9. The molecule has 2 unspecified atom stereocenters. The summed E-state index contributed by atoms with van der Waals surface area (Å²) in [6, 6.07) is -8.06. The summed E-state index contributed by atoms with van der Waals surface area (Å²) in [6.07, 6.45) is -0.311. The Bertz CT molecular complexity index is 1070. The molecular weight excluding hydrogens is 723 g/mol. The van der Waals surface area contributed by atoms with Crippen LogP contribution in [-0.2, 0) is 38.4 Å². The van der Waals surface area contributed by atoms with Gasteiger partial charge in [-0.15, -0.1) is 23.2 Å². The molecule has 0 saturated carbocycles. The molecule has 8 atom stereocenters. The van der Waals surface area contributed by atoms with Crippen molar-refractivity contribution in [3.05, 3.63) is 0 Å². The van der Waals surface area contributed by atoms with Gasteiger partial charge in [-0.2, -0.15) is 0 Å². The molecule has 0 aromatic heterocycles. The smallest absolute Gasteiger partial charge is 0.327 e. The second-order valence-electron chi connectivity index (χ2n) is 10.5. The van der Waals surface area contributed by atoms with Gasteiger partial charge in [0.05, 0.1) is 10.8 Å². The number of carbonyl (C=O) groups excluding carboxylic acids is 4. The Morgan fingerprint density at radius 2 is 0.896 bits per heavy atom. The van der Waals surface area contributed by atoms with E-state index in [0.717, 1.165) is 21.6 Å². The van der Waals surface area contributed by atoms with Crippen molar-refractivity contribution in [3.8, 4) is 0 Å². The number of aliphatic carboxylic acids is 4. The van der Waals surface area contributed by atoms with Crippen LogP contribution in [-0.4, -0.2) is 126 Å². The Morgan fingerprint density at radius 3 is 1.15 bits per heavy atom. The SMILES string of the molecule is CC(Cl)[C@@H](NC(=O)[C@H](CSSC[C@H](NC(=O)CCC[C@H](N)C(=O)O)C(=O)N[C@@H](C(=O)O)C(C)Cl)NC(=O)CCC[C@H](N)C(=O)O)C(=O)O. The zero-order chi connectivity index (χ0) is 37.1. The normalized spacial score (nSPS) is 16.0. The number of carboxylic acids is 4. The molecule has 0 aromatic carbocycles. The minimum absolute atomic E-state index is 0.0260. The molecule has 0 aliphatic carbocycles. The van der Waals surface area contributed by atoms with Crippen LogP contribution in [0.2, 0.25) is 0 Å². The van der Waals surface area contributed by atoms with Crippen molar-refractivity contribution in [2.75, 3.05) is 11.5 Å². The van der Waals surface area contributed by atoms with Gasteiger partial charge in [0.1, 0.15) is 36.3 Å². The number of nitrogens with two attached hydrogens (primary N) is 2. The second kappa shape index (κ2) is 23.3. The van der Waals surface area contributed by atoms with E-state index < -0.39 is 94.5 Å². The molecule has 48 heavy (non-hydrogen) atoms. The van der Waals surface area contributed by atoms with Gasteiger partial charge in [-0.05, 0) is 39.5 Å². The minimum atomic E-state index is -1.51. The van der Waals surface area contributed by atoms with Gasteiger partial charge in [-0.1, -0.05) is 21.6 Å². The first kappa shape index (κ1) is 45.0. The van der Waals surface area contributed by atoms with Gasteiger partial charge in [-0.25, -0.2) is 9.59 Å². The molecule has 0 aromatic rings. The molecule has 4 amide bonds. The van der Waals surface area contributed by atoms with Crippen molar-refractivity contribution in [1.29, 1.82) is 0 Å². The Labute approximate surface area is 293 Å². The molecule has 0 bridgehead atoms. The summed E-state index contributed by atoms with van der Waals surface area (Å²) in [5, 5.41) is 43.9. The fraction of sp³-hybridized carbons (Fsp3) is 0.692. The number of nitrogens with one attached hydrogen (secondary N) is 4. The number of carbonyl (C=O) groups is 8. The Kier molecular flexibility index (Phi) is 21.9. The molecule has 0 fully saturated rings. The lowest BCUT2D eigenvalue weighted by atomic mass is 10.1. The summed E-state index contributed by atoms with van der Waals surface area (Å²) in [6.45, 7) is 2.68. The number of amides is 4. The van der Waals surface area contributed by atoms with Crippen molar-refractivity contribution in [2.45, 2.75) is 99.4 Å². The molecule has 0 saturated heterocycles. The lowest BCUT2D eigenvalue weighted by Crippen LogP contribution is -2.55. The van der Waals surface area contributed by atoms with Crippen molar-refractivity contribution in [1.82, 2.24) is 21.3 Å². The number of carboxylic acid groups (broad SMARTS) is 4. The van der Waals surface area contributed by atoms with Crippen LogP contribution in [0.5, 0.6) is 0 Å². The van der Waals surface area contributed by atoms with Gasteiger partial charge in [-0.3, -0.25) is 28.8 Å². The van der Waals surface area contributed by atoms with Crippen molar-refractivity contribution in [2.24, 2.45) is 11.5 Å². The summed E-state index contributed by atoms with van der Waals surface area (Å²) in [7, 11) is 1.89. The molecule has 0 heterocycles. The maximum atomic E-state index is 13.0. The number of hydrogen-bond acceptors (Lipinski definition) is 12. The first-order chi connectivity index (χ1) is 22.3. The molecule has 0 rings (SSSR count). The van der Waals surface area contributed by atoms with Crippen LogP contribution in [0.25, 0.3) is 0 Å². The third-order valence-electron chi connectivity index (χ3n) is 6.37. The summed E-state index contributed by atoms with van der Waals surface area (Å²) < 4.78 is 0. The topological polar surface area (TPSA) is 318 Å². The molecular formula is C26H42Cl2N6O12S2. The van der Waals surface area contributed by atoms with E-state index in [1.54, 1.807) is 0 Å². The second-order valence-corrected chi connectivity index (χ2v) is 14.4. The highest BCUT2D eigenvalue weighted by Crippen LogP contribution is 2.24. The predicted octanol–water partition coefficient (Wildman–Crippen LogP) is -1.10. The van der Waals surface area contributed by atoms with Crippen molar-refractivity contribution >= 4 is 92.3 Å². The number of alkyl halides is 2. The highest BCUT2D eigenvalue weighted by molar-refractivity contribution is 8.76. The summed E-state index contributed by atoms with van der Waals surface area (Å²) in [4.78, 5) is 96.0. The molecule has 18 nitrogen and oxygen atoms in total. The Morgan fingerprint density at radius 1 is 0.583 bits per heavy atom. The van der Waals surface area contributed by atoms with E-state index in [1.807, 2.05) is 0 Å². The summed E-state index contributed by atoms with van der Waals surface area (Å²) in [5.74, 6) is -8.87. The predicted molar refractivity (Wildman–Crippen MR) is 177 cm³/mol. The van der Waals surface area contributed by atoms with Crippen LogP contribution in [0.1, 0.15) is 52.4 Å².